The SMILES string of the molecule is CC(C)[C@H]1NC(=O)N(C2CCC(Oc3cc(=O)n(C)cc3Br)CC2)C1=O. The van der Waals surface area contributed by atoms with Crippen LogP contribution < -0.4 is 15.6 Å². The highest BCUT2D eigenvalue weighted by atomic mass is 79.9. The number of nitrogens with zero attached hydrogens (tertiary/aromatic N) is 2. The van der Waals surface area contributed by atoms with Crippen LogP contribution in [0.25, 0.3) is 0 Å². The highest BCUT2D eigenvalue weighted by Gasteiger charge is 2.44. The Morgan fingerprint density at radius 2 is 1.85 bits per heavy atom. The first-order valence-corrected chi connectivity index (χ1v) is 9.73. The van der Waals surface area contributed by atoms with Crippen molar-refractivity contribution in [2.24, 2.45) is 13.0 Å². The lowest BCUT2D eigenvalue weighted by molar-refractivity contribution is -0.130. The van der Waals surface area contributed by atoms with Crippen molar-refractivity contribution in [1.29, 1.82) is 0 Å². The van der Waals surface area contributed by atoms with Crippen molar-refractivity contribution in [2.75, 3.05) is 0 Å². The first-order valence-electron chi connectivity index (χ1n) is 8.94. The molecule has 142 valence electrons. The number of pyridine rings is 1. The molecule has 1 aromatic heterocycles. The van der Waals surface area contributed by atoms with Gasteiger partial charge in [0.25, 0.3) is 11.5 Å². The zero-order valence-corrected chi connectivity index (χ0v) is 16.8. The summed E-state index contributed by atoms with van der Waals surface area (Å²) in [7, 11) is 1.69. The van der Waals surface area contributed by atoms with Gasteiger partial charge in [-0.1, -0.05) is 13.8 Å². The Balaban J connectivity index is 1.61. The highest BCUT2D eigenvalue weighted by Crippen LogP contribution is 2.31. The van der Waals surface area contributed by atoms with E-state index in [2.05, 4.69) is 21.2 Å². The lowest BCUT2D eigenvalue weighted by atomic mass is 9.91. The van der Waals surface area contributed by atoms with E-state index in [1.54, 1.807) is 13.2 Å². The first-order chi connectivity index (χ1) is 12.3. The number of halogens is 1. The summed E-state index contributed by atoms with van der Waals surface area (Å²) in [4.78, 5) is 37.9. The van der Waals surface area contributed by atoms with Gasteiger partial charge >= 0.3 is 6.03 Å². The lowest BCUT2D eigenvalue weighted by Gasteiger charge is -2.33. The molecular formula is C18H24BrN3O4. The molecule has 1 atom stereocenters. The molecule has 1 aromatic rings. The highest BCUT2D eigenvalue weighted by molar-refractivity contribution is 9.10. The largest absolute Gasteiger partial charge is 0.489 e. The molecule has 3 amide bonds. The second-order valence-corrected chi connectivity index (χ2v) is 8.22. The molecule has 0 radical (unpaired) electrons. The Morgan fingerprint density at radius 3 is 2.42 bits per heavy atom. The molecule has 26 heavy (non-hydrogen) atoms. The molecule has 8 heteroatoms. The molecule has 0 aromatic carbocycles. The van der Waals surface area contributed by atoms with Gasteiger partial charge in [-0.2, -0.15) is 0 Å². The van der Waals surface area contributed by atoms with E-state index in [9.17, 15) is 14.4 Å². The minimum atomic E-state index is -0.423. The number of imide groups is 1. The third kappa shape index (κ3) is 3.65. The average molecular weight is 426 g/mol. The summed E-state index contributed by atoms with van der Waals surface area (Å²) >= 11 is 3.42. The van der Waals surface area contributed by atoms with Crippen LogP contribution in [0.3, 0.4) is 0 Å². The third-order valence-electron chi connectivity index (χ3n) is 5.12. The van der Waals surface area contributed by atoms with Crippen molar-refractivity contribution in [2.45, 2.75) is 57.7 Å². The molecule has 2 fully saturated rings. The van der Waals surface area contributed by atoms with E-state index in [0.717, 1.165) is 17.3 Å². The van der Waals surface area contributed by atoms with Gasteiger partial charge in [0.2, 0.25) is 0 Å². The predicted molar refractivity (Wildman–Crippen MR) is 100 cm³/mol. The van der Waals surface area contributed by atoms with Crippen molar-refractivity contribution in [3.8, 4) is 5.75 Å². The summed E-state index contributed by atoms with van der Waals surface area (Å²) < 4.78 is 8.20. The summed E-state index contributed by atoms with van der Waals surface area (Å²) in [5, 5.41) is 2.78. The Labute approximate surface area is 160 Å². The smallest absolute Gasteiger partial charge is 0.325 e. The number of rotatable bonds is 4. The molecule has 0 unspecified atom stereocenters. The topological polar surface area (TPSA) is 80.6 Å². The number of carbonyl (C=O) groups excluding carboxylic acids is 2. The van der Waals surface area contributed by atoms with E-state index in [1.165, 1.54) is 15.5 Å². The van der Waals surface area contributed by atoms with Crippen molar-refractivity contribution < 1.29 is 14.3 Å². The number of aromatic nitrogens is 1. The molecule has 1 aliphatic carbocycles. The summed E-state index contributed by atoms with van der Waals surface area (Å²) in [6.45, 7) is 3.86. The fraction of sp³-hybridized carbons (Fsp3) is 0.611. The molecule has 1 N–H and O–H groups in total. The first kappa shape index (κ1) is 18.9. The number of urea groups is 1. The molecule has 2 aliphatic rings. The second kappa shape index (κ2) is 7.42. The van der Waals surface area contributed by atoms with Crippen molar-refractivity contribution in [1.82, 2.24) is 14.8 Å². The molecule has 3 rings (SSSR count). The van der Waals surface area contributed by atoms with Crippen LogP contribution in [0.15, 0.2) is 21.5 Å². The van der Waals surface area contributed by atoms with Gasteiger partial charge in [-0.15, -0.1) is 0 Å². The van der Waals surface area contributed by atoms with Crippen LogP contribution >= 0.6 is 15.9 Å². The van der Waals surface area contributed by atoms with E-state index in [1.807, 2.05) is 13.8 Å². The number of nitrogens with one attached hydrogen (secondary N) is 1. The fourth-order valence-corrected chi connectivity index (χ4v) is 4.10. The van der Waals surface area contributed by atoms with E-state index in [4.69, 9.17) is 4.74 Å². The van der Waals surface area contributed by atoms with Gasteiger partial charge in [-0.3, -0.25) is 14.5 Å². The third-order valence-corrected chi connectivity index (χ3v) is 5.71. The van der Waals surface area contributed by atoms with Crippen LogP contribution in [0.1, 0.15) is 39.5 Å². The Bertz CT molecular complexity index is 768. The average Bonchev–Trinajstić information content (AvgIpc) is 2.88. The maximum absolute atomic E-state index is 12.5. The molecule has 2 heterocycles. The van der Waals surface area contributed by atoms with E-state index >= 15 is 0 Å². The van der Waals surface area contributed by atoms with Crippen molar-refractivity contribution in [3.05, 3.63) is 27.1 Å². The Morgan fingerprint density at radius 1 is 1.19 bits per heavy atom. The van der Waals surface area contributed by atoms with Crippen LogP contribution in [0.2, 0.25) is 0 Å². The number of hydrogen-bond donors (Lipinski definition) is 1. The van der Waals surface area contributed by atoms with E-state index < -0.39 is 6.04 Å². The van der Waals surface area contributed by atoms with Crippen LogP contribution in [0, 0.1) is 5.92 Å². The number of aryl methyl sites for hydroxylation is 1. The fourth-order valence-electron chi connectivity index (χ4n) is 3.58. The lowest BCUT2D eigenvalue weighted by Crippen LogP contribution is -2.44. The van der Waals surface area contributed by atoms with Crippen molar-refractivity contribution >= 4 is 27.9 Å². The normalized spacial score (nSPS) is 26.3. The number of ether oxygens (including phenoxy) is 1. The summed E-state index contributed by atoms with van der Waals surface area (Å²) in [5.74, 6) is 0.490. The standard InChI is InChI=1S/C18H24BrN3O4/c1-10(2)16-17(24)22(18(25)20-16)11-4-6-12(7-5-11)26-14-8-15(23)21(3)9-13(14)19/h8-12,16H,4-7H2,1-3H3,(H,20,25)/t11?,12?,16-/m1/s1. The summed E-state index contributed by atoms with van der Waals surface area (Å²) in [5.41, 5.74) is -0.129. The predicted octanol–water partition coefficient (Wildman–Crippen LogP) is 2.41. The molecule has 0 spiro atoms. The summed E-state index contributed by atoms with van der Waals surface area (Å²) in [6.07, 6.45) is 4.53. The van der Waals surface area contributed by atoms with Gasteiger partial charge in [0, 0.05) is 25.4 Å². The van der Waals surface area contributed by atoms with Gasteiger partial charge in [-0.25, -0.2) is 4.79 Å². The van der Waals surface area contributed by atoms with Crippen LogP contribution in [0.5, 0.6) is 5.75 Å². The molecular weight excluding hydrogens is 402 g/mol. The van der Waals surface area contributed by atoms with E-state index in [-0.39, 0.29) is 35.6 Å². The number of amides is 3. The van der Waals surface area contributed by atoms with Gasteiger partial charge in [0.1, 0.15) is 11.8 Å². The molecule has 1 saturated carbocycles. The maximum Gasteiger partial charge on any atom is 0.325 e. The van der Waals surface area contributed by atoms with Gasteiger partial charge in [0.05, 0.1) is 10.6 Å². The monoisotopic (exact) mass is 425 g/mol. The summed E-state index contributed by atoms with van der Waals surface area (Å²) in [6, 6.07) is 0.680. The van der Waals surface area contributed by atoms with Crippen LogP contribution in [0.4, 0.5) is 4.79 Å². The minimum absolute atomic E-state index is 0.0312. The zero-order chi connectivity index (χ0) is 19.0. The molecule has 0 bridgehead atoms. The molecule has 1 aliphatic heterocycles. The Kier molecular flexibility index (Phi) is 5.41. The van der Waals surface area contributed by atoms with E-state index in [0.29, 0.717) is 18.6 Å². The number of carbonyl (C=O) groups is 2. The quantitative estimate of drug-likeness (QED) is 0.750. The van der Waals surface area contributed by atoms with Crippen molar-refractivity contribution in [3.63, 3.8) is 0 Å². The number of hydrogen-bond acceptors (Lipinski definition) is 4. The van der Waals surface area contributed by atoms with Gasteiger partial charge < -0.3 is 14.6 Å². The van der Waals surface area contributed by atoms with Crippen LogP contribution in [-0.4, -0.2) is 39.6 Å². The van der Waals surface area contributed by atoms with Gasteiger partial charge in [-0.05, 0) is 47.5 Å². The molecule has 1 saturated heterocycles. The zero-order valence-electron chi connectivity index (χ0n) is 15.2. The van der Waals surface area contributed by atoms with Gasteiger partial charge in [0.15, 0.2) is 0 Å². The maximum atomic E-state index is 12.5. The van der Waals surface area contributed by atoms with Crippen LogP contribution in [-0.2, 0) is 11.8 Å². The molecule has 7 nitrogen and oxygen atoms in total. The minimum Gasteiger partial charge on any atom is -0.489 e. The second-order valence-electron chi connectivity index (χ2n) is 7.36. The Hall–Kier alpha value is -1.83.